The van der Waals surface area contributed by atoms with Crippen molar-refractivity contribution in [1.29, 1.82) is 0 Å². The summed E-state index contributed by atoms with van der Waals surface area (Å²) >= 11 is 0. The Labute approximate surface area is 135 Å². The van der Waals surface area contributed by atoms with E-state index in [0.29, 0.717) is 31.2 Å². The second-order valence-corrected chi connectivity index (χ2v) is 6.85. The van der Waals surface area contributed by atoms with Gasteiger partial charge in [-0.1, -0.05) is 19.1 Å². The number of nitrogens with one attached hydrogen (secondary N) is 1. The van der Waals surface area contributed by atoms with E-state index in [1.165, 1.54) is 6.07 Å². The number of amides is 1. The molecule has 23 heavy (non-hydrogen) atoms. The van der Waals surface area contributed by atoms with Crippen LogP contribution in [-0.2, 0) is 16.0 Å². The summed E-state index contributed by atoms with van der Waals surface area (Å²) in [5.74, 6) is -1.55. The molecule has 2 N–H and O–H groups in total. The second kappa shape index (κ2) is 6.30. The second-order valence-electron chi connectivity index (χ2n) is 6.85. The highest BCUT2D eigenvalue weighted by Crippen LogP contribution is 2.37. The van der Waals surface area contributed by atoms with Crippen molar-refractivity contribution < 1.29 is 19.1 Å². The van der Waals surface area contributed by atoms with Crippen molar-refractivity contribution >= 4 is 11.9 Å². The summed E-state index contributed by atoms with van der Waals surface area (Å²) in [6.45, 7) is 2.06. The van der Waals surface area contributed by atoms with Gasteiger partial charge in [-0.3, -0.25) is 9.59 Å². The Morgan fingerprint density at radius 2 is 1.96 bits per heavy atom. The number of hydrogen-bond acceptors (Lipinski definition) is 2. The van der Waals surface area contributed by atoms with Crippen LogP contribution in [0.1, 0.15) is 49.8 Å². The number of rotatable bonds is 3. The van der Waals surface area contributed by atoms with Crippen LogP contribution in [0.15, 0.2) is 18.2 Å². The predicted octanol–water partition coefficient (Wildman–Crippen LogP) is 3.07. The molecule has 0 aromatic heterocycles. The van der Waals surface area contributed by atoms with Gasteiger partial charge in [0, 0.05) is 5.92 Å². The molecule has 1 aromatic rings. The molecule has 5 heteroatoms. The molecule has 0 bridgehead atoms. The lowest BCUT2D eigenvalue weighted by molar-refractivity contribution is -0.141. The molecule has 2 aliphatic carbocycles. The Bertz CT molecular complexity index is 631. The number of hydrogen-bond donors (Lipinski definition) is 2. The highest BCUT2D eigenvalue weighted by atomic mass is 19.1. The Kier molecular flexibility index (Phi) is 4.37. The van der Waals surface area contributed by atoms with Crippen LogP contribution in [0.3, 0.4) is 0 Å². The fourth-order valence-electron chi connectivity index (χ4n) is 3.91. The van der Waals surface area contributed by atoms with Crippen molar-refractivity contribution in [2.24, 2.45) is 17.8 Å². The molecule has 4 nitrogen and oxygen atoms in total. The quantitative estimate of drug-likeness (QED) is 0.900. The molecule has 0 radical (unpaired) electrons. The number of carboxylic acids is 1. The molecule has 1 saturated carbocycles. The van der Waals surface area contributed by atoms with E-state index in [1.54, 1.807) is 6.07 Å². The first-order chi connectivity index (χ1) is 11.0. The lowest BCUT2D eigenvalue weighted by Gasteiger charge is -2.33. The van der Waals surface area contributed by atoms with Gasteiger partial charge >= 0.3 is 5.97 Å². The SMILES string of the molecule is CC1CCc2c(F)cccc2C1NC(=O)[C@@H]1CC[C@H](C(=O)O)C1. The van der Waals surface area contributed by atoms with Crippen LogP contribution in [0.25, 0.3) is 0 Å². The van der Waals surface area contributed by atoms with E-state index in [9.17, 15) is 14.0 Å². The molecule has 1 aromatic carbocycles. The normalized spacial score (nSPS) is 29.8. The summed E-state index contributed by atoms with van der Waals surface area (Å²) in [7, 11) is 0. The Hall–Kier alpha value is -1.91. The summed E-state index contributed by atoms with van der Waals surface area (Å²) in [5.41, 5.74) is 1.57. The molecule has 3 rings (SSSR count). The first-order valence-electron chi connectivity index (χ1n) is 8.28. The molecule has 2 aliphatic rings. The zero-order valence-electron chi connectivity index (χ0n) is 13.2. The predicted molar refractivity (Wildman–Crippen MR) is 83.2 cm³/mol. The minimum atomic E-state index is -0.821. The number of carbonyl (C=O) groups excluding carboxylic acids is 1. The monoisotopic (exact) mass is 319 g/mol. The minimum absolute atomic E-state index is 0.0947. The van der Waals surface area contributed by atoms with Gasteiger partial charge in [0.25, 0.3) is 0 Å². The standard InChI is InChI=1S/C18H22FNO3/c1-10-5-8-13-14(3-2-4-15(13)19)16(10)20-17(21)11-6-7-12(9-11)18(22)23/h2-4,10-12,16H,5-9H2,1H3,(H,20,21)(H,22,23)/t10?,11-,12+,16?/m1/s1. The van der Waals surface area contributed by atoms with Gasteiger partial charge in [-0.05, 0) is 55.2 Å². The third-order valence-corrected chi connectivity index (χ3v) is 5.36. The lowest BCUT2D eigenvalue weighted by Crippen LogP contribution is -2.38. The van der Waals surface area contributed by atoms with Crippen LogP contribution in [0, 0.1) is 23.6 Å². The molecule has 1 fully saturated rings. The summed E-state index contributed by atoms with van der Waals surface area (Å²) in [6, 6.07) is 4.84. The number of aliphatic carboxylic acids is 1. The maximum atomic E-state index is 14.0. The number of carbonyl (C=O) groups is 2. The van der Waals surface area contributed by atoms with Crippen molar-refractivity contribution in [3.8, 4) is 0 Å². The Morgan fingerprint density at radius 3 is 2.65 bits per heavy atom. The largest absolute Gasteiger partial charge is 0.481 e. The van der Waals surface area contributed by atoms with Crippen molar-refractivity contribution in [2.75, 3.05) is 0 Å². The van der Waals surface area contributed by atoms with E-state index in [4.69, 9.17) is 5.11 Å². The van der Waals surface area contributed by atoms with E-state index in [0.717, 1.165) is 12.0 Å². The van der Waals surface area contributed by atoms with Crippen molar-refractivity contribution in [3.63, 3.8) is 0 Å². The van der Waals surface area contributed by atoms with E-state index < -0.39 is 11.9 Å². The summed E-state index contributed by atoms with van der Waals surface area (Å²) < 4.78 is 14.0. The zero-order chi connectivity index (χ0) is 16.6. The average Bonchev–Trinajstić information content (AvgIpc) is 3.00. The topological polar surface area (TPSA) is 66.4 Å². The average molecular weight is 319 g/mol. The van der Waals surface area contributed by atoms with Crippen LogP contribution in [0.4, 0.5) is 4.39 Å². The van der Waals surface area contributed by atoms with Crippen LogP contribution >= 0.6 is 0 Å². The lowest BCUT2D eigenvalue weighted by atomic mass is 9.80. The van der Waals surface area contributed by atoms with Crippen LogP contribution in [0.2, 0.25) is 0 Å². The molecular formula is C18H22FNO3. The van der Waals surface area contributed by atoms with Crippen LogP contribution < -0.4 is 5.32 Å². The third kappa shape index (κ3) is 3.09. The summed E-state index contributed by atoms with van der Waals surface area (Å²) in [6.07, 6.45) is 3.10. The van der Waals surface area contributed by atoms with Crippen LogP contribution in [0.5, 0.6) is 0 Å². The molecule has 0 saturated heterocycles. The van der Waals surface area contributed by atoms with Crippen LogP contribution in [-0.4, -0.2) is 17.0 Å². The van der Waals surface area contributed by atoms with Crippen molar-refractivity contribution in [2.45, 2.75) is 45.1 Å². The maximum absolute atomic E-state index is 14.0. The number of carboxylic acid groups (broad SMARTS) is 1. The zero-order valence-corrected chi connectivity index (χ0v) is 13.2. The highest BCUT2D eigenvalue weighted by molar-refractivity contribution is 5.81. The number of benzene rings is 1. The highest BCUT2D eigenvalue weighted by Gasteiger charge is 2.36. The molecular weight excluding hydrogens is 297 g/mol. The summed E-state index contributed by atoms with van der Waals surface area (Å²) in [5, 5.41) is 12.1. The molecule has 4 atom stereocenters. The van der Waals surface area contributed by atoms with E-state index in [2.05, 4.69) is 12.2 Å². The van der Waals surface area contributed by atoms with Gasteiger partial charge in [-0.15, -0.1) is 0 Å². The molecule has 124 valence electrons. The number of halogens is 1. The molecule has 2 unspecified atom stereocenters. The van der Waals surface area contributed by atoms with Gasteiger partial charge in [0.05, 0.1) is 12.0 Å². The van der Waals surface area contributed by atoms with Gasteiger partial charge < -0.3 is 10.4 Å². The van der Waals surface area contributed by atoms with E-state index in [1.807, 2.05) is 6.07 Å². The van der Waals surface area contributed by atoms with Gasteiger partial charge in [0.2, 0.25) is 5.91 Å². The maximum Gasteiger partial charge on any atom is 0.306 e. The van der Waals surface area contributed by atoms with Crippen molar-refractivity contribution in [1.82, 2.24) is 5.32 Å². The molecule has 0 spiro atoms. The molecule has 1 amide bonds. The van der Waals surface area contributed by atoms with Gasteiger partial charge in [-0.25, -0.2) is 4.39 Å². The first kappa shape index (κ1) is 16.0. The summed E-state index contributed by atoms with van der Waals surface area (Å²) in [4.78, 5) is 23.6. The number of fused-ring (bicyclic) bond motifs is 1. The van der Waals surface area contributed by atoms with Gasteiger partial charge in [0.1, 0.15) is 5.82 Å². The molecule has 0 heterocycles. The van der Waals surface area contributed by atoms with E-state index >= 15 is 0 Å². The smallest absolute Gasteiger partial charge is 0.306 e. The fraction of sp³-hybridized carbons (Fsp3) is 0.556. The fourth-order valence-corrected chi connectivity index (χ4v) is 3.91. The Morgan fingerprint density at radius 1 is 1.22 bits per heavy atom. The first-order valence-corrected chi connectivity index (χ1v) is 8.28. The Balaban J connectivity index is 1.74. The van der Waals surface area contributed by atoms with Gasteiger partial charge in [-0.2, -0.15) is 0 Å². The minimum Gasteiger partial charge on any atom is -0.481 e. The third-order valence-electron chi connectivity index (χ3n) is 5.36. The van der Waals surface area contributed by atoms with E-state index in [-0.39, 0.29) is 29.6 Å². The van der Waals surface area contributed by atoms with Crippen molar-refractivity contribution in [3.05, 3.63) is 35.1 Å². The molecule has 0 aliphatic heterocycles. The van der Waals surface area contributed by atoms with Gasteiger partial charge in [0.15, 0.2) is 0 Å².